The lowest BCUT2D eigenvalue weighted by Gasteiger charge is -2.26. The zero-order chi connectivity index (χ0) is 18.0. The molecule has 0 aromatic carbocycles. The van der Waals surface area contributed by atoms with Crippen molar-refractivity contribution < 1.29 is 4.21 Å². The zero-order valence-electron chi connectivity index (χ0n) is 14.6. The molecule has 0 spiro atoms. The van der Waals surface area contributed by atoms with E-state index in [1.54, 1.807) is 17.9 Å². The molecule has 0 fully saturated rings. The molecule has 0 radical (unpaired) electrons. The molecule has 1 atom stereocenters. The van der Waals surface area contributed by atoms with Crippen LogP contribution >= 0.6 is 0 Å². The Bertz CT molecular complexity index is 911. The van der Waals surface area contributed by atoms with E-state index >= 15 is 0 Å². The van der Waals surface area contributed by atoms with Gasteiger partial charge in [0.2, 0.25) is 0 Å². The van der Waals surface area contributed by atoms with Crippen molar-refractivity contribution in [2.45, 2.75) is 20.3 Å². The van der Waals surface area contributed by atoms with Crippen molar-refractivity contribution in [3.8, 4) is 0 Å². The number of aryl methyl sites for hydroxylation is 1. The largest absolute Gasteiger partial charge is 0.404 e. The number of pyridine rings is 1. The van der Waals surface area contributed by atoms with Crippen LogP contribution in [0.25, 0.3) is 11.2 Å². The summed E-state index contributed by atoms with van der Waals surface area (Å²) in [4.78, 5) is 8.91. The quantitative estimate of drug-likeness (QED) is 0.842. The number of aliphatic imine (C=N–C) groups is 1. The lowest BCUT2D eigenvalue weighted by molar-refractivity contribution is 0.487. The van der Waals surface area contributed by atoms with Gasteiger partial charge in [-0.3, -0.25) is 4.99 Å². The Hall–Kier alpha value is -2.32. The van der Waals surface area contributed by atoms with Crippen LogP contribution in [0.4, 0.5) is 0 Å². The van der Waals surface area contributed by atoms with E-state index in [9.17, 15) is 4.21 Å². The fourth-order valence-corrected chi connectivity index (χ4v) is 4.11. The van der Waals surface area contributed by atoms with Gasteiger partial charge in [0.1, 0.15) is 17.3 Å². The van der Waals surface area contributed by atoms with Crippen LogP contribution in [-0.4, -0.2) is 49.0 Å². The lowest BCUT2D eigenvalue weighted by Crippen LogP contribution is -2.33. The number of allylic oxidation sites excluding steroid dienone is 1. The fraction of sp³-hybridized carbons (Fsp3) is 0.353. The lowest BCUT2D eigenvalue weighted by atomic mass is 9.97. The van der Waals surface area contributed by atoms with Crippen LogP contribution in [0, 0.1) is 6.92 Å². The molecule has 2 aromatic rings. The van der Waals surface area contributed by atoms with Gasteiger partial charge in [0, 0.05) is 32.5 Å². The molecule has 3 heterocycles. The van der Waals surface area contributed by atoms with Gasteiger partial charge in [-0.15, -0.1) is 0 Å². The molecule has 1 unspecified atom stereocenters. The maximum absolute atomic E-state index is 12.7. The van der Waals surface area contributed by atoms with Crippen LogP contribution in [0.2, 0.25) is 0 Å². The molecular formula is C17H22N6OS. The van der Waals surface area contributed by atoms with E-state index in [1.807, 2.05) is 17.4 Å². The predicted octanol–water partition coefficient (Wildman–Crippen LogP) is 1.68. The van der Waals surface area contributed by atoms with E-state index < -0.39 is 11.0 Å². The second-order valence-electron chi connectivity index (χ2n) is 5.89. The highest BCUT2D eigenvalue weighted by molar-refractivity contribution is 7.87. The minimum absolute atomic E-state index is 0.570. The first-order chi connectivity index (χ1) is 12.0. The monoisotopic (exact) mass is 358 g/mol. The van der Waals surface area contributed by atoms with E-state index in [2.05, 4.69) is 34.1 Å². The second-order valence-corrected chi connectivity index (χ2v) is 7.34. The molecule has 2 aromatic heterocycles. The molecule has 0 saturated heterocycles. The van der Waals surface area contributed by atoms with Crippen molar-refractivity contribution in [2.75, 3.05) is 20.1 Å². The van der Waals surface area contributed by atoms with Gasteiger partial charge < -0.3 is 5.73 Å². The Labute approximate surface area is 149 Å². The van der Waals surface area contributed by atoms with Gasteiger partial charge in [-0.2, -0.15) is 5.10 Å². The van der Waals surface area contributed by atoms with Gasteiger partial charge >= 0.3 is 0 Å². The Morgan fingerprint density at radius 2 is 2.28 bits per heavy atom. The third-order valence-electron chi connectivity index (χ3n) is 4.40. The van der Waals surface area contributed by atoms with Gasteiger partial charge in [-0.25, -0.2) is 18.0 Å². The van der Waals surface area contributed by atoms with Crippen molar-refractivity contribution >= 4 is 27.9 Å². The van der Waals surface area contributed by atoms with Crippen molar-refractivity contribution in [1.29, 1.82) is 0 Å². The van der Waals surface area contributed by atoms with Crippen molar-refractivity contribution in [1.82, 2.24) is 18.9 Å². The summed E-state index contributed by atoms with van der Waals surface area (Å²) >= 11 is 0. The molecular weight excluding hydrogens is 336 g/mol. The summed E-state index contributed by atoms with van der Waals surface area (Å²) in [6, 6.07) is 2.06. The Morgan fingerprint density at radius 1 is 1.48 bits per heavy atom. The standard InChI is InChI=1S/C17H22N6OS/c1-12-10-23-17(20-11-21-23)8-15(12)14-4-6-22(7-5-14)25(24)16(9-18)13(2)19-3/h4,8-11H,5-7,18H2,1-3H3. The summed E-state index contributed by atoms with van der Waals surface area (Å²) in [5, 5.41) is 4.16. The molecule has 8 heteroatoms. The van der Waals surface area contributed by atoms with E-state index in [1.165, 1.54) is 17.3 Å². The Morgan fingerprint density at radius 3 is 2.92 bits per heavy atom. The maximum Gasteiger partial charge on any atom is 0.155 e. The van der Waals surface area contributed by atoms with Crippen LogP contribution < -0.4 is 5.73 Å². The number of nitrogens with two attached hydrogens (primary N) is 1. The number of hydrogen-bond acceptors (Lipinski definition) is 5. The SMILES string of the molecule is CN=C(C)C(=CN)S(=O)N1CC=C(c2cc3ncnn3cc2C)CC1. The number of rotatable bonds is 4. The van der Waals surface area contributed by atoms with E-state index in [0.717, 1.165) is 17.6 Å². The van der Waals surface area contributed by atoms with Crippen LogP contribution in [0.5, 0.6) is 0 Å². The Kier molecular flexibility index (Phi) is 5.10. The minimum atomic E-state index is -1.30. The highest BCUT2D eigenvalue weighted by Gasteiger charge is 2.22. The zero-order valence-corrected chi connectivity index (χ0v) is 15.5. The van der Waals surface area contributed by atoms with E-state index in [-0.39, 0.29) is 0 Å². The molecule has 132 valence electrons. The normalized spacial score (nSPS) is 18.4. The summed E-state index contributed by atoms with van der Waals surface area (Å²) < 4.78 is 16.4. The van der Waals surface area contributed by atoms with Crippen molar-refractivity contribution in [3.63, 3.8) is 0 Å². The third-order valence-corrected chi connectivity index (χ3v) is 6.01. The highest BCUT2D eigenvalue weighted by atomic mass is 32.2. The fourth-order valence-electron chi connectivity index (χ4n) is 2.90. The first-order valence-electron chi connectivity index (χ1n) is 8.07. The average Bonchev–Trinajstić information content (AvgIpc) is 3.08. The molecule has 25 heavy (non-hydrogen) atoms. The minimum Gasteiger partial charge on any atom is -0.404 e. The van der Waals surface area contributed by atoms with Crippen LogP contribution in [0.15, 0.2) is 40.8 Å². The van der Waals surface area contributed by atoms with Crippen molar-refractivity contribution in [3.05, 3.63) is 46.9 Å². The highest BCUT2D eigenvalue weighted by Crippen LogP contribution is 2.27. The van der Waals surface area contributed by atoms with Crippen LogP contribution in [0.3, 0.4) is 0 Å². The van der Waals surface area contributed by atoms with Crippen LogP contribution in [0.1, 0.15) is 24.5 Å². The van der Waals surface area contributed by atoms with E-state index in [4.69, 9.17) is 5.73 Å². The molecule has 0 bridgehead atoms. The number of fused-ring (bicyclic) bond motifs is 1. The summed E-state index contributed by atoms with van der Waals surface area (Å²) in [6.07, 6.45) is 7.87. The first-order valence-corrected chi connectivity index (χ1v) is 9.17. The molecule has 2 N–H and O–H groups in total. The van der Waals surface area contributed by atoms with Crippen molar-refractivity contribution in [2.24, 2.45) is 10.7 Å². The first kappa shape index (κ1) is 17.5. The molecule has 1 aliphatic rings. The van der Waals surface area contributed by atoms with Gasteiger partial charge in [0.15, 0.2) is 5.65 Å². The molecule has 0 saturated carbocycles. The van der Waals surface area contributed by atoms with Gasteiger partial charge in [-0.1, -0.05) is 6.08 Å². The predicted molar refractivity (Wildman–Crippen MR) is 101 cm³/mol. The molecule has 7 nitrogen and oxygen atoms in total. The maximum atomic E-state index is 12.7. The van der Waals surface area contributed by atoms with Gasteiger partial charge in [0.05, 0.1) is 10.6 Å². The van der Waals surface area contributed by atoms with E-state index in [0.29, 0.717) is 23.7 Å². The average molecular weight is 358 g/mol. The number of nitrogens with zero attached hydrogens (tertiary/aromatic N) is 5. The number of aromatic nitrogens is 3. The summed E-state index contributed by atoms with van der Waals surface area (Å²) in [5.41, 5.74) is 10.7. The molecule has 0 amide bonds. The van der Waals surface area contributed by atoms with Crippen LogP contribution in [-0.2, 0) is 11.0 Å². The van der Waals surface area contributed by atoms with Gasteiger partial charge in [-0.05, 0) is 43.0 Å². The third kappa shape index (κ3) is 3.40. The summed E-state index contributed by atoms with van der Waals surface area (Å²) in [5.74, 6) is 0. The molecule has 0 aliphatic carbocycles. The second kappa shape index (κ2) is 7.28. The van der Waals surface area contributed by atoms with Gasteiger partial charge in [0.25, 0.3) is 0 Å². The molecule has 1 aliphatic heterocycles. The summed E-state index contributed by atoms with van der Waals surface area (Å²) in [6.45, 7) is 5.19. The topological polar surface area (TPSA) is 88.9 Å². The number of hydrogen-bond donors (Lipinski definition) is 1. The smallest absolute Gasteiger partial charge is 0.155 e. The Balaban J connectivity index is 1.82. The summed E-state index contributed by atoms with van der Waals surface area (Å²) in [7, 11) is 0.375. The molecule has 3 rings (SSSR count).